The Morgan fingerprint density at radius 2 is 2.04 bits per heavy atom. The number of likely N-dealkylation sites (tertiary alicyclic amines) is 1. The van der Waals surface area contributed by atoms with Crippen LogP contribution < -0.4 is 10.1 Å². The summed E-state index contributed by atoms with van der Waals surface area (Å²) in [5, 5.41) is 3.41. The van der Waals surface area contributed by atoms with Gasteiger partial charge in [0.2, 0.25) is 0 Å². The third kappa shape index (κ3) is 6.16. The molecule has 0 spiro atoms. The molecule has 0 amide bonds. The highest BCUT2D eigenvalue weighted by molar-refractivity contribution is 5.80. The van der Waals surface area contributed by atoms with Gasteiger partial charge >= 0.3 is 0 Å². The van der Waals surface area contributed by atoms with Gasteiger partial charge in [0, 0.05) is 26.7 Å². The first kappa shape index (κ1) is 20.5. The van der Waals surface area contributed by atoms with Gasteiger partial charge in [-0.3, -0.25) is 4.99 Å². The van der Waals surface area contributed by atoms with Crippen molar-refractivity contribution in [2.24, 2.45) is 10.9 Å². The molecule has 1 fully saturated rings. The van der Waals surface area contributed by atoms with Gasteiger partial charge in [0.25, 0.3) is 0 Å². The maximum absolute atomic E-state index is 13.0. The van der Waals surface area contributed by atoms with Gasteiger partial charge < -0.3 is 19.9 Å². The molecule has 0 saturated carbocycles. The SMILES string of the molecule is CCN(CC)CC1CCN(C(=NC)NCC(C)Oc2ccc(F)cc2)C1. The molecule has 1 aromatic carbocycles. The van der Waals surface area contributed by atoms with Gasteiger partial charge in [-0.1, -0.05) is 13.8 Å². The highest BCUT2D eigenvalue weighted by Crippen LogP contribution is 2.18. The predicted molar refractivity (Wildman–Crippen MR) is 105 cm³/mol. The van der Waals surface area contributed by atoms with Crippen molar-refractivity contribution in [3.05, 3.63) is 30.1 Å². The Morgan fingerprint density at radius 3 is 2.65 bits per heavy atom. The van der Waals surface area contributed by atoms with Crippen LogP contribution in [0.5, 0.6) is 5.75 Å². The van der Waals surface area contributed by atoms with E-state index in [9.17, 15) is 4.39 Å². The number of nitrogens with zero attached hydrogens (tertiary/aromatic N) is 3. The minimum atomic E-state index is -0.253. The van der Waals surface area contributed by atoms with E-state index in [1.54, 1.807) is 12.1 Å². The van der Waals surface area contributed by atoms with Gasteiger partial charge in [-0.25, -0.2) is 4.39 Å². The number of halogens is 1. The van der Waals surface area contributed by atoms with E-state index in [-0.39, 0.29) is 11.9 Å². The molecule has 26 heavy (non-hydrogen) atoms. The monoisotopic (exact) mass is 364 g/mol. The van der Waals surface area contributed by atoms with Crippen LogP contribution in [0.25, 0.3) is 0 Å². The Morgan fingerprint density at radius 1 is 1.35 bits per heavy atom. The highest BCUT2D eigenvalue weighted by atomic mass is 19.1. The second-order valence-electron chi connectivity index (χ2n) is 6.90. The smallest absolute Gasteiger partial charge is 0.193 e. The minimum absolute atomic E-state index is 0.0358. The van der Waals surface area contributed by atoms with E-state index in [2.05, 4.69) is 34.0 Å². The lowest BCUT2D eigenvalue weighted by Crippen LogP contribution is -2.44. The van der Waals surface area contributed by atoms with E-state index in [0.29, 0.717) is 18.2 Å². The Bertz CT molecular complexity index is 559. The van der Waals surface area contributed by atoms with Crippen molar-refractivity contribution < 1.29 is 9.13 Å². The van der Waals surface area contributed by atoms with E-state index in [4.69, 9.17) is 4.74 Å². The molecule has 6 heteroatoms. The summed E-state index contributed by atoms with van der Waals surface area (Å²) < 4.78 is 18.8. The molecule has 1 saturated heterocycles. The van der Waals surface area contributed by atoms with Crippen molar-refractivity contribution in [1.29, 1.82) is 0 Å². The summed E-state index contributed by atoms with van der Waals surface area (Å²) in [5.74, 6) is 2.05. The van der Waals surface area contributed by atoms with Gasteiger partial charge in [-0.05, 0) is 56.6 Å². The molecular weight excluding hydrogens is 331 g/mol. The topological polar surface area (TPSA) is 40.1 Å². The number of hydrogen-bond donors (Lipinski definition) is 1. The number of hydrogen-bond acceptors (Lipinski definition) is 3. The summed E-state index contributed by atoms with van der Waals surface area (Å²) in [4.78, 5) is 9.25. The Labute approximate surface area is 157 Å². The number of aliphatic imine (C=N–C) groups is 1. The molecule has 2 unspecified atom stereocenters. The van der Waals surface area contributed by atoms with E-state index in [0.717, 1.165) is 38.7 Å². The van der Waals surface area contributed by atoms with Gasteiger partial charge in [0.15, 0.2) is 5.96 Å². The minimum Gasteiger partial charge on any atom is -0.489 e. The largest absolute Gasteiger partial charge is 0.489 e. The van der Waals surface area contributed by atoms with Gasteiger partial charge in [-0.15, -0.1) is 0 Å². The fourth-order valence-corrected chi connectivity index (χ4v) is 3.38. The molecule has 2 atom stereocenters. The van der Waals surface area contributed by atoms with E-state index >= 15 is 0 Å². The first-order chi connectivity index (χ1) is 12.5. The standard InChI is InChI=1S/C20H33FN4O/c1-5-24(6-2)14-17-11-12-25(15-17)20(22-4)23-13-16(3)26-19-9-7-18(21)8-10-19/h7-10,16-17H,5-6,11-15H2,1-4H3,(H,22,23). The first-order valence-electron chi connectivity index (χ1n) is 9.65. The average molecular weight is 365 g/mol. The van der Waals surface area contributed by atoms with Crippen LogP contribution >= 0.6 is 0 Å². The van der Waals surface area contributed by atoms with E-state index < -0.39 is 0 Å². The summed E-state index contributed by atoms with van der Waals surface area (Å²) in [7, 11) is 1.82. The zero-order valence-corrected chi connectivity index (χ0v) is 16.5. The maximum Gasteiger partial charge on any atom is 0.193 e. The summed E-state index contributed by atoms with van der Waals surface area (Å²) in [6.45, 7) is 12.6. The summed E-state index contributed by atoms with van der Waals surface area (Å²) in [6, 6.07) is 6.13. The highest BCUT2D eigenvalue weighted by Gasteiger charge is 2.26. The van der Waals surface area contributed by atoms with Crippen molar-refractivity contribution in [2.45, 2.75) is 33.3 Å². The van der Waals surface area contributed by atoms with Gasteiger partial charge in [-0.2, -0.15) is 0 Å². The third-order valence-corrected chi connectivity index (χ3v) is 4.91. The number of rotatable bonds is 8. The zero-order valence-electron chi connectivity index (χ0n) is 16.5. The summed E-state index contributed by atoms with van der Waals surface area (Å²) >= 11 is 0. The summed E-state index contributed by atoms with van der Waals surface area (Å²) in [5.41, 5.74) is 0. The Kier molecular flexibility index (Phi) is 8.16. The lowest BCUT2D eigenvalue weighted by atomic mass is 10.1. The van der Waals surface area contributed by atoms with Crippen LogP contribution in [0.1, 0.15) is 27.2 Å². The molecule has 1 aliphatic rings. The van der Waals surface area contributed by atoms with Crippen molar-refractivity contribution >= 4 is 5.96 Å². The van der Waals surface area contributed by atoms with Crippen LogP contribution in [-0.2, 0) is 0 Å². The third-order valence-electron chi connectivity index (χ3n) is 4.91. The zero-order chi connectivity index (χ0) is 18.9. The summed E-state index contributed by atoms with van der Waals surface area (Å²) in [6.07, 6.45) is 1.17. The van der Waals surface area contributed by atoms with Crippen LogP contribution in [0.3, 0.4) is 0 Å². The Hall–Kier alpha value is -1.82. The number of nitrogens with one attached hydrogen (secondary N) is 1. The van der Waals surface area contributed by atoms with Crippen molar-refractivity contribution in [1.82, 2.24) is 15.1 Å². The first-order valence-corrected chi connectivity index (χ1v) is 9.65. The molecule has 1 aliphatic heterocycles. The lowest BCUT2D eigenvalue weighted by molar-refractivity contribution is 0.222. The molecule has 0 aromatic heterocycles. The van der Waals surface area contributed by atoms with Crippen molar-refractivity contribution in [3.8, 4) is 5.75 Å². The predicted octanol–water partition coefficient (Wildman–Crippen LogP) is 2.83. The van der Waals surface area contributed by atoms with Crippen LogP contribution in [0.2, 0.25) is 0 Å². The van der Waals surface area contributed by atoms with Crippen LogP contribution in [0.15, 0.2) is 29.3 Å². The van der Waals surface area contributed by atoms with Crippen LogP contribution in [0.4, 0.5) is 4.39 Å². The molecule has 1 N–H and O–H groups in total. The number of guanidine groups is 1. The fourth-order valence-electron chi connectivity index (χ4n) is 3.38. The molecule has 1 heterocycles. The van der Waals surface area contributed by atoms with E-state index in [1.165, 1.54) is 18.6 Å². The van der Waals surface area contributed by atoms with E-state index in [1.807, 2.05) is 14.0 Å². The molecule has 2 rings (SSSR count). The molecule has 1 aromatic rings. The number of ether oxygens (including phenoxy) is 1. The van der Waals surface area contributed by atoms with Crippen molar-refractivity contribution in [2.75, 3.05) is 46.3 Å². The lowest BCUT2D eigenvalue weighted by Gasteiger charge is -2.25. The molecule has 5 nitrogen and oxygen atoms in total. The normalized spacial score (nSPS) is 19.1. The second kappa shape index (κ2) is 10.4. The molecule has 146 valence electrons. The maximum atomic E-state index is 13.0. The molecule has 0 radical (unpaired) electrons. The molecule has 0 bridgehead atoms. The van der Waals surface area contributed by atoms with Crippen molar-refractivity contribution in [3.63, 3.8) is 0 Å². The van der Waals surface area contributed by atoms with Crippen LogP contribution in [-0.4, -0.2) is 68.2 Å². The fraction of sp³-hybridized carbons (Fsp3) is 0.650. The van der Waals surface area contributed by atoms with Gasteiger partial charge in [0.05, 0.1) is 6.54 Å². The van der Waals surface area contributed by atoms with Crippen LogP contribution in [0, 0.1) is 11.7 Å². The second-order valence-corrected chi connectivity index (χ2v) is 6.90. The van der Waals surface area contributed by atoms with Gasteiger partial charge in [0.1, 0.15) is 17.7 Å². The molecular formula is C20H33FN4O. The Balaban J connectivity index is 1.77. The quantitative estimate of drug-likeness (QED) is 0.569. The number of benzene rings is 1. The molecule has 0 aliphatic carbocycles. The average Bonchev–Trinajstić information content (AvgIpc) is 3.10.